The van der Waals surface area contributed by atoms with E-state index in [1.165, 1.54) is 0 Å². The van der Waals surface area contributed by atoms with Gasteiger partial charge in [0.05, 0.1) is 21.2 Å². The Balaban J connectivity index is 2.99. The van der Waals surface area contributed by atoms with Gasteiger partial charge in [-0.05, 0) is 18.2 Å². The third kappa shape index (κ3) is 4.72. The zero-order chi connectivity index (χ0) is 15.6. The maximum Gasteiger partial charge on any atom is 0.337 e. The fourth-order valence-corrected chi connectivity index (χ4v) is 3.01. The number of primary sulfonamides is 1. The number of nitrogens with two attached hydrogens (primary N) is 1. The molecule has 8 nitrogen and oxygen atoms in total. The summed E-state index contributed by atoms with van der Waals surface area (Å²) in [7, 11) is -7.85. The van der Waals surface area contributed by atoms with Crippen LogP contribution in [-0.2, 0) is 20.0 Å². The third-order valence-electron chi connectivity index (χ3n) is 2.16. The molecule has 0 aliphatic heterocycles. The first-order valence-electron chi connectivity index (χ1n) is 5.06. The summed E-state index contributed by atoms with van der Waals surface area (Å²) in [5, 5.41) is 13.5. The van der Waals surface area contributed by atoms with E-state index in [1.54, 1.807) is 0 Å². The van der Waals surface area contributed by atoms with Crippen LogP contribution in [0, 0.1) is 0 Å². The molecule has 0 amide bonds. The lowest BCUT2D eigenvalue weighted by Gasteiger charge is -2.07. The van der Waals surface area contributed by atoms with Crippen LogP contribution in [0.15, 0.2) is 23.1 Å². The molecule has 0 saturated carbocycles. The molecule has 0 heterocycles. The van der Waals surface area contributed by atoms with Crippen LogP contribution < -0.4 is 9.86 Å². The first-order valence-corrected chi connectivity index (χ1v) is 8.63. The lowest BCUT2D eigenvalue weighted by atomic mass is 10.2. The van der Waals surface area contributed by atoms with Crippen LogP contribution in [0.25, 0.3) is 0 Å². The molecule has 0 aliphatic rings. The van der Waals surface area contributed by atoms with Crippen LogP contribution >= 0.6 is 11.6 Å². The Morgan fingerprint density at radius 1 is 1.30 bits per heavy atom. The van der Waals surface area contributed by atoms with Gasteiger partial charge in [-0.25, -0.2) is 31.5 Å². The Kier molecular flexibility index (Phi) is 5.10. The molecule has 0 spiro atoms. The van der Waals surface area contributed by atoms with E-state index in [0.717, 1.165) is 18.2 Å². The van der Waals surface area contributed by atoms with Crippen molar-refractivity contribution in [3.8, 4) is 0 Å². The molecular weight excluding hydrogens is 332 g/mol. The number of benzene rings is 1. The first-order chi connectivity index (χ1) is 9.03. The average Bonchev–Trinajstić information content (AvgIpc) is 2.26. The van der Waals surface area contributed by atoms with Gasteiger partial charge in [0.15, 0.2) is 0 Å². The summed E-state index contributed by atoms with van der Waals surface area (Å²) in [6.07, 6.45) is 0. The van der Waals surface area contributed by atoms with E-state index in [2.05, 4.69) is 0 Å². The SMILES string of the molecule is NS(=O)(=O)CCNS(=O)(=O)c1ccc(Cl)c(C(=O)O)c1. The summed E-state index contributed by atoms with van der Waals surface area (Å²) in [6.45, 7) is -0.424. The van der Waals surface area contributed by atoms with Crippen molar-refractivity contribution in [1.82, 2.24) is 4.72 Å². The van der Waals surface area contributed by atoms with Crippen LogP contribution in [0.4, 0.5) is 0 Å². The lowest BCUT2D eigenvalue weighted by Crippen LogP contribution is -2.31. The van der Waals surface area contributed by atoms with E-state index in [-0.39, 0.29) is 15.5 Å². The molecule has 0 saturated heterocycles. The number of hydrogen-bond donors (Lipinski definition) is 3. The summed E-state index contributed by atoms with van der Waals surface area (Å²) in [4.78, 5) is 10.5. The fourth-order valence-electron chi connectivity index (χ4n) is 1.24. The van der Waals surface area contributed by atoms with Crippen LogP contribution in [0.2, 0.25) is 5.02 Å². The van der Waals surface area contributed by atoms with Gasteiger partial charge in [-0.2, -0.15) is 0 Å². The highest BCUT2D eigenvalue weighted by molar-refractivity contribution is 7.90. The molecule has 112 valence electrons. The number of carboxylic acid groups (broad SMARTS) is 1. The van der Waals surface area contributed by atoms with Crippen molar-refractivity contribution in [2.45, 2.75) is 4.90 Å². The summed E-state index contributed by atoms with van der Waals surface area (Å²) < 4.78 is 47.0. The molecule has 0 aliphatic carbocycles. The smallest absolute Gasteiger partial charge is 0.337 e. The molecule has 0 unspecified atom stereocenters. The minimum absolute atomic E-state index is 0.110. The molecule has 1 aromatic rings. The van der Waals surface area contributed by atoms with Gasteiger partial charge in [0.2, 0.25) is 20.0 Å². The van der Waals surface area contributed by atoms with Crippen molar-refractivity contribution in [1.29, 1.82) is 0 Å². The second-order valence-electron chi connectivity index (χ2n) is 3.71. The summed E-state index contributed by atoms with van der Waals surface area (Å²) in [5.41, 5.74) is -0.374. The largest absolute Gasteiger partial charge is 0.478 e. The monoisotopic (exact) mass is 342 g/mol. The number of aromatic carboxylic acids is 1. The highest BCUT2D eigenvalue weighted by atomic mass is 35.5. The summed E-state index contributed by atoms with van der Waals surface area (Å²) >= 11 is 5.61. The predicted octanol–water partition coefficient (Wildman–Crippen LogP) is -0.395. The van der Waals surface area contributed by atoms with Gasteiger partial charge in [-0.3, -0.25) is 0 Å². The van der Waals surface area contributed by atoms with E-state index in [4.69, 9.17) is 21.8 Å². The molecule has 0 aromatic heterocycles. The van der Waals surface area contributed by atoms with E-state index in [9.17, 15) is 21.6 Å². The van der Waals surface area contributed by atoms with Gasteiger partial charge in [0, 0.05) is 6.54 Å². The fraction of sp³-hybridized carbons (Fsp3) is 0.222. The first kappa shape index (κ1) is 16.9. The normalized spacial score (nSPS) is 12.3. The molecule has 20 heavy (non-hydrogen) atoms. The number of hydrogen-bond acceptors (Lipinski definition) is 5. The highest BCUT2D eigenvalue weighted by Crippen LogP contribution is 2.20. The number of carbonyl (C=O) groups is 1. The van der Waals surface area contributed by atoms with Gasteiger partial charge < -0.3 is 5.11 Å². The maximum absolute atomic E-state index is 11.8. The predicted molar refractivity (Wildman–Crippen MR) is 71.6 cm³/mol. The Morgan fingerprint density at radius 2 is 1.90 bits per heavy atom. The molecule has 4 N–H and O–H groups in total. The van der Waals surface area contributed by atoms with E-state index < -0.39 is 38.3 Å². The number of carboxylic acids is 1. The number of sulfonamides is 2. The maximum atomic E-state index is 11.8. The Bertz CT molecular complexity index is 729. The molecular formula is C9H11ClN2O6S2. The second kappa shape index (κ2) is 6.06. The zero-order valence-corrected chi connectivity index (χ0v) is 12.3. The van der Waals surface area contributed by atoms with Crippen molar-refractivity contribution in [2.75, 3.05) is 12.3 Å². The van der Waals surface area contributed by atoms with Crippen LogP contribution in [0.1, 0.15) is 10.4 Å². The Morgan fingerprint density at radius 3 is 2.40 bits per heavy atom. The third-order valence-corrected chi connectivity index (χ3v) is 4.72. The number of nitrogens with one attached hydrogen (secondary N) is 1. The van der Waals surface area contributed by atoms with Crippen molar-refractivity contribution in [3.63, 3.8) is 0 Å². The van der Waals surface area contributed by atoms with E-state index in [1.807, 2.05) is 4.72 Å². The van der Waals surface area contributed by atoms with Crippen LogP contribution in [0.3, 0.4) is 0 Å². The van der Waals surface area contributed by atoms with Crippen LogP contribution in [0.5, 0.6) is 0 Å². The average molecular weight is 343 g/mol. The number of rotatable bonds is 6. The number of halogens is 1. The second-order valence-corrected chi connectivity index (χ2v) is 7.62. The minimum atomic E-state index is -4.05. The van der Waals surface area contributed by atoms with Crippen LogP contribution in [-0.4, -0.2) is 40.2 Å². The Labute approximate surface area is 120 Å². The standard InChI is InChI=1S/C9H11ClN2O6S2/c10-8-2-1-6(5-7(8)9(13)14)20(17,18)12-3-4-19(11,15)16/h1-2,5,12H,3-4H2,(H,13,14)(H2,11,15,16). The molecule has 1 aromatic carbocycles. The van der Waals surface area contributed by atoms with Gasteiger partial charge in [-0.15, -0.1) is 0 Å². The molecule has 1 rings (SSSR count). The van der Waals surface area contributed by atoms with Gasteiger partial charge >= 0.3 is 5.97 Å². The minimum Gasteiger partial charge on any atom is -0.478 e. The van der Waals surface area contributed by atoms with Crippen molar-refractivity contribution in [2.24, 2.45) is 5.14 Å². The molecule has 0 radical (unpaired) electrons. The quantitative estimate of drug-likeness (QED) is 0.642. The highest BCUT2D eigenvalue weighted by Gasteiger charge is 2.18. The molecule has 0 fully saturated rings. The molecule has 0 atom stereocenters. The molecule has 0 bridgehead atoms. The lowest BCUT2D eigenvalue weighted by molar-refractivity contribution is 0.0697. The van der Waals surface area contributed by atoms with Gasteiger partial charge in [0.25, 0.3) is 0 Å². The van der Waals surface area contributed by atoms with Gasteiger partial charge in [0.1, 0.15) is 0 Å². The van der Waals surface area contributed by atoms with Crippen molar-refractivity contribution >= 4 is 37.6 Å². The van der Waals surface area contributed by atoms with Gasteiger partial charge in [-0.1, -0.05) is 11.6 Å². The summed E-state index contributed by atoms with van der Waals surface area (Å²) in [6, 6.07) is 3.11. The van der Waals surface area contributed by atoms with E-state index in [0.29, 0.717) is 0 Å². The zero-order valence-electron chi connectivity index (χ0n) is 9.91. The summed E-state index contributed by atoms with van der Waals surface area (Å²) in [5.74, 6) is -1.96. The van der Waals surface area contributed by atoms with E-state index >= 15 is 0 Å². The molecule has 11 heteroatoms. The topological polar surface area (TPSA) is 144 Å². The van der Waals surface area contributed by atoms with Crippen molar-refractivity contribution < 1.29 is 26.7 Å². The Hall–Kier alpha value is -1.20. The van der Waals surface area contributed by atoms with Crippen molar-refractivity contribution in [3.05, 3.63) is 28.8 Å².